The molecule has 1 amide bonds. The molecule has 0 N–H and O–H groups in total. The minimum absolute atomic E-state index is 0.0286. The van der Waals surface area contributed by atoms with E-state index >= 15 is 0 Å². The van der Waals surface area contributed by atoms with Gasteiger partial charge in [0.05, 0.1) is 19.1 Å². The molecule has 0 aromatic heterocycles. The number of fused-ring (bicyclic) bond motifs is 1. The Labute approximate surface area is 107 Å². The predicted molar refractivity (Wildman–Crippen MR) is 67.7 cm³/mol. The van der Waals surface area contributed by atoms with Crippen LogP contribution in [0.25, 0.3) is 0 Å². The predicted octanol–water partition coefficient (Wildman–Crippen LogP) is 1.38. The molecule has 2 rings (SSSR count). The number of aldehydes is 1. The van der Waals surface area contributed by atoms with Crippen LogP contribution in [0.2, 0.25) is 0 Å². The molecule has 1 aliphatic rings. The summed E-state index contributed by atoms with van der Waals surface area (Å²) in [5.41, 5.74) is 1.99. The number of ether oxygens (including phenoxy) is 1. The second-order valence-corrected chi connectivity index (χ2v) is 4.64. The summed E-state index contributed by atoms with van der Waals surface area (Å²) in [4.78, 5) is 24.8. The molecule has 4 heteroatoms. The van der Waals surface area contributed by atoms with Gasteiger partial charge in [0.2, 0.25) is 5.91 Å². The van der Waals surface area contributed by atoms with Crippen molar-refractivity contribution in [3.05, 3.63) is 29.3 Å². The Hall–Kier alpha value is -1.84. The lowest BCUT2D eigenvalue weighted by Crippen LogP contribution is -2.39. The lowest BCUT2D eigenvalue weighted by atomic mass is 9.94. The minimum atomic E-state index is -0.380. The standard InChI is InChI=1S/C14H17NO3/c1-9-13-7-12(18-3)5-4-10(13)6-11(8-16)15(2)14(9)17/h4-5,7-9,11H,6H2,1-3H3. The van der Waals surface area contributed by atoms with E-state index < -0.39 is 0 Å². The Morgan fingerprint density at radius 1 is 1.44 bits per heavy atom. The Balaban J connectivity index is 2.51. The molecule has 4 nitrogen and oxygen atoms in total. The molecule has 1 heterocycles. The van der Waals surface area contributed by atoms with Crippen molar-refractivity contribution < 1.29 is 14.3 Å². The van der Waals surface area contributed by atoms with Crippen molar-refractivity contribution >= 4 is 12.2 Å². The van der Waals surface area contributed by atoms with E-state index in [1.165, 1.54) is 4.90 Å². The number of hydrogen-bond acceptors (Lipinski definition) is 3. The molecule has 0 saturated heterocycles. The van der Waals surface area contributed by atoms with E-state index in [1.807, 2.05) is 25.1 Å². The van der Waals surface area contributed by atoms with E-state index in [-0.39, 0.29) is 17.9 Å². The van der Waals surface area contributed by atoms with Gasteiger partial charge < -0.3 is 14.4 Å². The number of amides is 1. The summed E-state index contributed by atoms with van der Waals surface area (Å²) in [7, 11) is 3.28. The summed E-state index contributed by atoms with van der Waals surface area (Å²) < 4.78 is 5.19. The number of methoxy groups -OCH3 is 1. The fourth-order valence-corrected chi connectivity index (χ4v) is 2.39. The van der Waals surface area contributed by atoms with Crippen LogP contribution in [0.5, 0.6) is 5.75 Å². The fraction of sp³-hybridized carbons (Fsp3) is 0.429. The molecule has 0 aliphatic carbocycles. The first kappa shape index (κ1) is 12.6. The van der Waals surface area contributed by atoms with Crippen LogP contribution in [0.15, 0.2) is 18.2 Å². The highest BCUT2D eigenvalue weighted by Crippen LogP contribution is 2.30. The zero-order valence-electron chi connectivity index (χ0n) is 10.8. The van der Waals surface area contributed by atoms with Gasteiger partial charge in [0.1, 0.15) is 12.0 Å². The van der Waals surface area contributed by atoms with Crippen molar-refractivity contribution in [2.24, 2.45) is 0 Å². The summed E-state index contributed by atoms with van der Waals surface area (Å²) in [6, 6.07) is 5.31. The van der Waals surface area contributed by atoms with Crippen LogP contribution in [-0.4, -0.2) is 37.3 Å². The Morgan fingerprint density at radius 3 is 2.78 bits per heavy atom. The third kappa shape index (κ3) is 1.98. The van der Waals surface area contributed by atoms with Crippen LogP contribution in [-0.2, 0) is 16.0 Å². The monoisotopic (exact) mass is 247 g/mol. The summed E-state index contributed by atoms with van der Waals surface area (Å²) in [5, 5.41) is 0. The SMILES string of the molecule is COc1ccc2c(c1)C(C)C(=O)N(C)C(C=O)C2. The number of nitrogens with zero attached hydrogens (tertiary/aromatic N) is 1. The molecular weight excluding hydrogens is 230 g/mol. The Bertz CT molecular complexity index is 484. The van der Waals surface area contributed by atoms with Gasteiger partial charge >= 0.3 is 0 Å². The van der Waals surface area contributed by atoms with Gasteiger partial charge in [-0.1, -0.05) is 6.07 Å². The molecule has 96 valence electrons. The Kier molecular flexibility index (Phi) is 3.36. The second-order valence-electron chi connectivity index (χ2n) is 4.64. The highest BCUT2D eigenvalue weighted by atomic mass is 16.5. The largest absolute Gasteiger partial charge is 0.497 e. The number of likely N-dealkylation sites (N-methyl/N-ethyl adjacent to an activating group) is 1. The lowest BCUT2D eigenvalue weighted by Gasteiger charge is -2.22. The van der Waals surface area contributed by atoms with E-state index in [4.69, 9.17) is 4.74 Å². The van der Waals surface area contributed by atoms with Gasteiger partial charge in [-0.3, -0.25) is 4.79 Å². The number of carbonyl (C=O) groups excluding carboxylic acids is 2. The molecule has 0 radical (unpaired) electrons. The van der Waals surface area contributed by atoms with Gasteiger partial charge in [0, 0.05) is 7.05 Å². The maximum atomic E-state index is 12.2. The Morgan fingerprint density at radius 2 is 2.17 bits per heavy atom. The lowest BCUT2D eigenvalue weighted by molar-refractivity contribution is -0.135. The summed E-state index contributed by atoms with van der Waals surface area (Å²) in [5.74, 6) is 0.463. The van der Waals surface area contributed by atoms with Crippen molar-refractivity contribution in [3.63, 3.8) is 0 Å². The van der Waals surface area contributed by atoms with E-state index in [9.17, 15) is 9.59 Å². The number of rotatable bonds is 2. The molecule has 0 bridgehead atoms. The normalized spacial score (nSPS) is 23.3. The highest BCUT2D eigenvalue weighted by molar-refractivity contribution is 5.87. The maximum Gasteiger partial charge on any atom is 0.230 e. The molecule has 0 saturated carbocycles. The fourth-order valence-electron chi connectivity index (χ4n) is 2.39. The highest BCUT2D eigenvalue weighted by Gasteiger charge is 2.31. The minimum Gasteiger partial charge on any atom is -0.497 e. The summed E-state index contributed by atoms with van der Waals surface area (Å²) >= 11 is 0. The number of carbonyl (C=O) groups is 2. The second kappa shape index (κ2) is 4.80. The molecule has 0 spiro atoms. The van der Waals surface area contributed by atoms with Crippen LogP contribution < -0.4 is 4.74 Å². The first-order valence-electron chi connectivity index (χ1n) is 5.97. The molecule has 1 aromatic rings. The van der Waals surface area contributed by atoms with Crippen LogP contribution in [0.1, 0.15) is 24.0 Å². The van der Waals surface area contributed by atoms with Crippen molar-refractivity contribution in [1.82, 2.24) is 4.90 Å². The van der Waals surface area contributed by atoms with Crippen molar-refractivity contribution in [3.8, 4) is 5.75 Å². The maximum absolute atomic E-state index is 12.2. The van der Waals surface area contributed by atoms with Gasteiger partial charge in [0.15, 0.2) is 0 Å². The first-order valence-corrected chi connectivity index (χ1v) is 5.97. The summed E-state index contributed by atoms with van der Waals surface area (Å²) in [6.07, 6.45) is 1.40. The molecule has 1 aromatic carbocycles. The molecule has 2 unspecified atom stereocenters. The third-order valence-corrected chi connectivity index (χ3v) is 3.62. The van der Waals surface area contributed by atoms with Gasteiger partial charge in [0.25, 0.3) is 0 Å². The van der Waals surface area contributed by atoms with E-state index in [0.717, 1.165) is 23.2 Å². The average molecular weight is 247 g/mol. The smallest absolute Gasteiger partial charge is 0.230 e. The molecule has 0 fully saturated rings. The van der Waals surface area contributed by atoms with Crippen LogP contribution in [0.4, 0.5) is 0 Å². The molecular formula is C14H17NO3. The van der Waals surface area contributed by atoms with Crippen molar-refractivity contribution in [2.45, 2.75) is 25.3 Å². The molecule has 2 atom stereocenters. The first-order chi connectivity index (χ1) is 8.58. The van der Waals surface area contributed by atoms with Gasteiger partial charge in [-0.15, -0.1) is 0 Å². The van der Waals surface area contributed by atoms with Crippen LogP contribution in [0.3, 0.4) is 0 Å². The van der Waals surface area contributed by atoms with Crippen molar-refractivity contribution in [1.29, 1.82) is 0 Å². The van der Waals surface area contributed by atoms with Crippen LogP contribution >= 0.6 is 0 Å². The number of hydrogen-bond donors (Lipinski definition) is 0. The van der Waals surface area contributed by atoms with Gasteiger partial charge in [-0.05, 0) is 36.6 Å². The number of benzene rings is 1. The third-order valence-electron chi connectivity index (χ3n) is 3.62. The molecule has 18 heavy (non-hydrogen) atoms. The summed E-state index contributed by atoms with van der Waals surface area (Å²) in [6.45, 7) is 1.87. The average Bonchev–Trinajstić information content (AvgIpc) is 2.49. The van der Waals surface area contributed by atoms with E-state index in [1.54, 1.807) is 14.2 Å². The van der Waals surface area contributed by atoms with E-state index in [0.29, 0.717) is 6.42 Å². The zero-order valence-corrected chi connectivity index (χ0v) is 10.8. The van der Waals surface area contributed by atoms with E-state index in [2.05, 4.69) is 0 Å². The van der Waals surface area contributed by atoms with Crippen molar-refractivity contribution in [2.75, 3.05) is 14.2 Å². The topological polar surface area (TPSA) is 46.6 Å². The zero-order chi connectivity index (χ0) is 13.3. The van der Waals surface area contributed by atoms with Gasteiger partial charge in [-0.2, -0.15) is 0 Å². The van der Waals surface area contributed by atoms with Gasteiger partial charge in [-0.25, -0.2) is 0 Å². The molecule has 1 aliphatic heterocycles. The van der Waals surface area contributed by atoms with Crippen LogP contribution in [0, 0.1) is 0 Å². The quantitative estimate of drug-likeness (QED) is 0.742.